The van der Waals surface area contributed by atoms with Crippen molar-refractivity contribution in [3.63, 3.8) is 0 Å². The van der Waals surface area contributed by atoms with E-state index in [4.69, 9.17) is 0 Å². The third kappa shape index (κ3) is 6.93. The molecule has 1 rings (SSSR count). The van der Waals surface area contributed by atoms with Gasteiger partial charge in [-0.3, -0.25) is 4.55 Å². The monoisotopic (exact) mass is 326 g/mol. The molecule has 22 heavy (non-hydrogen) atoms. The van der Waals surface area contributed by atoms with Crippen LogP contribution in [0.25, 0.3) is 0 Å². The molecule has 0 amide bonds. The number of benzene rings is 1. The van der Waals surface area contributed by atoms with E-state index in [1.165, 1.54) is 51.0 Å². The molecule has 0 spiro atoms. The maximum Gasteiger partial charge on any atom is 0.294 e. The molecule has 3 nitrogen and oxygen atoms in total. The van der Waals surface area contributed by atoms with Crippen molar-refractivity contribution in [2.75, 3.05) is 0 Å². The quantitative estimate of drug-likeness (QED) is 0.442. The third-order valence-electron chi connectivity index (χ3n) is 4.18. The normalized spacial score (nSPS) is 11.8. The first-order valence-corrected chi connectivity index (χ1v) is 9.96. The fraction of sp³-hybridized carbons (Fsp3) is 0.667. The molecular formula is C18H30O3S. The Balaban J connectivity index is 2.34. The average Bonchev–Trinajstić information content (AvgIpc) is 2.45. The molecule has 0 atom stereocenters. The second-order valence-electron chi connectivity index (χ2n) is 6.11. The highest BCUT2D eigenvalue weighted by atomic mass is 32.2. The van der Waals surface area contributed by atoms with E-state index in [1.54, 1.807) is 6.07 Å². The van der Waals surface area contributed by atoms with Crippen molar-refractivity contribution in [1.82, 2.24) is 0 Å². The average molecular weight is 327 g/mol. The van der Waals surface area contributed by atoms with Gasteiger partial charge in [-0.15, -0.1) is 0 Å². The van der Waals surface area contributed by atoms with Gasteiger partial charge >= 0.3 is 0 Å². The van der Waals surface area contributed by atoms with E-state index < -0.39 is 10.1 Å². The van der Waals surface area contributed by atoms with Crippen molar-refractivity contribution in [3.05, 3.63) is 29.3 Å². The fourth-order valence-corrected chi connectivity index (χ4v) is 3.67. The molecule has 0 aliphatic carbocycles. The molecule has 126 valence electrons. The van der Waals surface area contributed by atoms with Gasteiger partial charge in [-0.25, -0.2) is 0 Å². The summed E-state index contributed by atoms with van der Waals surface area (Å²) in [6, 6.07) is 5.07. The smallest absolute Gasteiger partial charge is 0.282 e. The summed E-state index contributed by atoms with van der Waals surface area (Å²) >= 11 is 0. The van der Waals surface area contributed by atoms with E-state index in [0.717, 1.165) is 30.4 Å². The molecule has 0 radical (unpaired) electrons. The molecule has 0 fully saturated rings. The summed E-state index contributed by atoms with van der Waals surface area (Å²) in [5.74, 6) is 0. The zero-order valence-electron chi connectivity index (χ0n) is 14.0. The minimum Gasteiger partial charge on any atom is -0.282 e. The lowest BCUT2D eigenvalue weighted by atomic mass is 10.0. The fourth-order valence-electron chi connectivity index (χ4n) is 2.85. The van der Waals surface area contributed by atoms with Gasteiger partial charge in [0, 0.05) is 0 Å². The van der Waals surface area contributed by atoms with Crippen LogP contribution in [0, 0.1) is 6.92 Å². The summed E-state index contributed by atoms with van der Waals surface area (Å²) in [7, 11) is -4.12. The molecule has 4 heteroatoms. The minimum absolute atomic E-state index is 0.0760. The largest absolute Gasteiger partial charge is 0.294 e. The van der Waals surface area contributed by atoms with Crippen LogP contribution in [0.4, 0.5) is 0 Å². The Bertz CT molecular complexity index is 535. The second-order valence-corrected chi connectivity index (χ2v) is 7.50. The van der Waals surface area contributed by atoms with Gasteiger partial charge in [-0.1, -0.05) is 70.4 Å². The highest BCUT2D eigenvalue weighted by Gasteiger charge is 2.16. The van der Waals surface area contributed by atoms with E-state index >= 15 is 0 Å². The summed E-state index contributed by atoms with van der Waals surface area (Å²) in [6.45, 7) is 4.13. The van der Waals surface area contributed by atoms with Gasteiger partial charge in [0.1, 0.15) is 0 Å². The third-order valence-corrected chi connectivity index (χ3v) is 5.11. The lowest BCUT2D eigenvalue weighted by Crippen LogP contribution is -2.05. The van der Waals surface area contributed by atoms with Crippen molar-refractivity contribution in [2.45, 2.75) is 83.0 Å². The molecule has 1 N–H and O–H groups in total. The van der Waals surface area contributed by atoms with Gasteiger partial charge in [0.25, 0.3) is 10.1 Å². The lowest BCUT2D eigenvalue weighted by molar-refractivity contribution is 0.481. The summed E-state index contributed by atoms with van der Waals surface area (Å²) in [4.78, 5) is 0.0760. The first-order valence-electron chi connectivity index (χ1n) is 8.52. The van der Waals surface area contributed by atoms with Crippen molar-refractivity contribution in [2.24, 2.45) is 0 Å². The Labute approximate surface area is 135 Å². The number of hydrogen-bond donors (Lipinski definition) is 1. The van der Waals surface area contributed by atoms with Crippen molar-refractivity contribution in [1.29, 1.82) is 0 Å². The number of rotatable bonds is 11. The molecule has 0 saturated heterocycles. The van der Waals surface area contributed by atoms with E-state index in [1.807, 2.05) is 13.0 Å². The van der Waals surface area contributed by atoms with Crippen LogP contribution in [0.3, 0.4) is 0 Å². The topological polar surface area (TPSA) is 54.4 Å². The van der Waals surface area contributed by atoms with Crippen LogP contribution in [-0.2, 0) is 16.5 Å². The van der Waals surface area contributed by atoms with Crippen LogP contribution >= 0.6 is 0 Å². The summed E-state index contributed by atoms with van der Waals surface area (Å²) in [6.07, 6.45) is 11.9. The lowest BCUT2D eigenvalue weighted by Gasteiger charge is -2.10. The van der Waals surface area contributed by atoms with Gasteiger partial charge < -0.3 is 0 Å². The van der Waals surface area contributed by atoms with Gasteiger partial charge in [0.2, 0.25) is 0 Å². The number of hydrogen-bond acceptors (Lipinski definition) is 2. The van der Waals surface area contributed by atoms with Gasteiger partial charge in [0.05, 0.1) is 4.90 Å². The molecule has 1 aromatic carbocycles. The first kappa shape index (κ1) is 19.2. The second kappa shape index (κ2) is 10.0. The summed E-state index contributed by atoms with van der Waals surface area (Å²) in [5.41, 5.74) is 1.71. The van der Waals surface area contributed by atoms with Gasteiger partial charge in [0.15, 0.2) is 0 Å². The maximum atomic E-state index is 11.4. The Morgan fingerprint density at radius 1 is 0.909 bits per heavy atom. The molecule has 0 bridgehead atoms. The van der Waals surface area contributed by atoms with Gasteiger partial charge in [-0.2, -0.15) is 8.42 Å². The zero-order valence-corrected chi connectivity index (χ0v) is 14.8. The van der Waals surface area contributed by atoms with E-state index in [-0.39, 0.29) is 4.90 Å². The maximum absolute atomic E-state index is 11.4. The molecule has 1 aromatic rings. The predicted molar refractivity (Wildman–Crippen MR) is 91.9 cm³/mol. The van der Waals surface area contributed by atoms with Crippen molar-refractivity contribution in [3.8, 4) is 0 Å². The van der Waals surface area contributed by atoms with Crippen LogP contribution < -0.4 is 0 Å². The SMILES string of the molecule is CCCCCCCCCCCc1c(C)cccc1S(=O)(=O)O. The Hall–Kier alpha value is -0.870. The van der Waals surface area contributed by atoms with Crippen LogP contribution in [0.2, 0.25) is 0 Å². The van der Waals surface area contributed by atoms with Gasteiger partial charge in [-0.05, 0) is 37.0 Å². The number of aryl methyl sites for hydroxylation is 1. The first-order chi connectivity index (χ1) is 10.5. The van der Waals surface area contributed by atoms with E-state index in [0.29, 0.717) is 0 Å². The Morgan fingerprint density at radius 3 is 2.00 bits per heavy atom. The molecule has 0 saturated carbocycles. The number of unbranched alkanes of at least 4 members (excludes halogenated alkanes) is 8. The van der Waals surface area contributed by atoms with Crippen LogP contribution in [0.15, 0.2) is 23.1 Å². The highest BCUT2D eigenvalue weighted by molar-refractivity contribution is 7.85. The summed E-state index contributed by atoms with van der Waals surface area (Å²) in [5, 5.41) is 0. The Kier molecular flexibility index (Phi) is 8.72. The van der Waals surface area contributed by atoms with Crippen LogP contribution in [0.5, 0.6) is 0 Å². The van der Waals surface area contributed by atoms with Crippen molar-refractivity contribution < 1.29 is 13.0 Å². The van der Waals surface area contributed by atoms with Crippen LogP contribution in [0.1, 0.15) is 75.8 Å². The predicted octanol–water partition coefficient (Wildman–Crippen LogP) is 5.32. The Morgan fingerprint density at radius 2 is 1.45 bits per heavy atom. The molecule has 0 unspecified atom stereocenters. The molecule has 0 aliphatic heterocycles. The van der Waals surface area contributed by atoms with E-state index in [2.05, 4.69) is 6.92 Å². The van der Waals surface area contributed by atoms with Crippen LogP contribution in [-0.4, -0.2) is 13.0 Å². The van der Waals surface area contributed by atoms with E-state index in [9.17, 15) is 13.0 Å². The highest BCUT2D eigenvalue weighted by Crippen LogP contribution is 2.22. The minimum atomic E-state index is -4.12. The molecular weight excluding hydrogens is 296 g/mol. The molecule has 0 aliphatic rings. The molecule has 0 heterocycles. The van der Waals surface area contributed by atoms with Crippen molar-refractivity contribution >= 4 is 10.1 Å². The molecule has 0 aromatic heterocycles. The summed E-state index contributed by atoms with van der Waals surface area (Å²) < 4.78 is 32.2. The standard InChI is InChI=1S/C18H30O3S/c1-3-4-5-6-7-8-9-10-11-14-17-16(2)13-12-15-18(17)22(19,20)21/h12-13,15H,3-11,14H2,1-2H3,(H,19,20,21). The zero-order chi connectivity index (χ0) is 16.4.